The second kappa shape index (κ2) is 30.1. The predicted molar refractivity (Wildman–Crippen MR) is 380 cm³/mol. The Balaban J connectivity index is 0.000000289. The summed E-state index contributed by atoms with van der Waals surface area (Å²) >= 11 is 2.15. The molecule has 432 valence electrons. The second-order valence-electron chi connectivity index (χ2n) is 24.0. The molecule has 0 aliphatic heterocycles. The van der Waals surface area contributed by atoms with Crippen LogP contribution in [-0.4, -0.2) is 11.6 Å². The molecule has 8 aromatic rings. The molecule has 0 nitrogen and oxygen atoms in total. The number of alkyl halides is 1. The Morgan fingerprint density at radius 1 is 0.341 bits per heavy atom. The molecule has 82 heavy (non-hydrogen) atoms. The monoisotopic (exact) mass is 1350 g/mol. The summed E-state index contributed by atoms with van der Waals surface area (Å²) in [4.78, 5) is 1.97. The molecule has 0 aromatic heterocycles. The molecular formula is C78H96I2P2. The van der Waals surface area contributed by atoms with Crippen molar-refractivity contribution in [2.24, 2.45) is 0 Å². The van der Waals surface area contributed by atoms with Crippen molar-refractivity contribution < 1.29 is 24.0 Å². The van der Waals surface area contributed by atoms with Crippen LogP contribution in [-0.2, 0) is 0 Å². The van der Waals surface area contributed by atoms with Gasteiger partial charge in [-0.2, -0.15) is 0 Å². The maximum absolute atomic E-state index is 2.58. The van der Waals surface area contributed by atoms with Crippen LogP contribution in [0.3, 0.4) is 0 Å². The van der Waals surface area contributed by atoms with Crippen molar-refractivity contribution in [2.75, 3.05) is 11.6 Å². The van der Waals surface area contributed by atoms with Gasteiger partial charge < -0.3 is 24.0 Å². The van der Waals surface area contributed by atoms with Crippen molar-refractivity contribution in [1.29, 1.82) is 0 Å². The average Bonchev–Trinajstić information content (AvgIpc) is 2.38. The van der Waals surface area contributed by atoms with Crippen LogP contribution in [0.1, 0.15) is 175 Å². The molecule has 0 bridgehead atoms. The third-order valence-electron chi connectivity index (χ3n) is 16.8. The molecule has 0 amide bonds. The van der Waals surface area contributed by atoms with Crippen molar-refractivity contribution in [3.63, 3.8) is 0 Å². The second-order valence-corrected chi connectivity index (χ2v) is 29.3. The van der Waals surface area contributed by atoms with Gasteiger partial charge >= 0.3 is 0 Å². The maximum atomic E-state index is 2.58. The van der Waals surface area contributed by atoms with Crippen LogP contribution in [0.5, 0.6) is 0 Å². The van der Waals surface area contributed by atoms with E-state index >= 15 is 0 Å². The lowest BCUT2D eigenvalue weighted by atomic mass is 9.97. The van der Waals surface area contributed by atoms with E-state index in [1.165, 1.54) is 156 Å². The van der Waals surface area contributed by atoms with Crippen LogP contribution in [0.2, 0.25) is 0 Å². The number of aryl methyl sites for hydroxylation is 16. The molecule has 0 aliphatic carbocycles. The first-order valence-electron chi connectivity index (χ1n) is 29.5. The molecule has 8 rings (SSSR count). The van der Waals surface area contributed by atoms with Crippen LogP contribution in [0.4, 0.5) is 0 Å². The van der Waals surface area contributed by atoms with E-state index in [1.54, 1.807) is 10.6 Å². The smallest absolute Gasteiger partial charge is 0.110 e. The summed E-state index contributed by atoms with van der Waals surface area (Å²) in [6, 6.07) is 46.7. The Morgan fingerprint density at radius 2 is 0.549 bits per heavy atom. The standard InChI is InChI=1S/C39H48P.C38H45P.CH3I.HI/c1-12-27(4)36-17-15-34(16-18-36)13-14-35-23-32(9)39(33(10)24-35)40(11,37-28(5)19-25(2)20-29(37)6)38-30(7)21-26(3)22-31(38)8;1-11-26(4)35-16-14-33(15-17-35)12-13-34-22-31(9)38(32(10)23-34)39(36-27(5)18-24(2)19-28(36)6)37-29(7)20-25(3)21-30(37)8;1-2;/h13-24,27H,12H2,1-11H3;12-23,26H,11H2,1-10H3;1H3;1H/q+1;;;/p-1/b14-13+;13-12+;;. The minimum Gasteiger partial charge on any atom is -1.00 e. The molecule has 2 unspecified atom stereocenters. The molecule has 0 spiro atoms. The fourth-order valence-corrected chi connectivity index (χ4v) is 21.9. The highest BCUT2D eigenvalue weighted by atomic mass is 127. The van der Waals surface area contributed by atoms with Crippen LogP contribution in [0.15, 0.2) is 121 Å². The van der Waals surface area contributed by atoms with Gasteiger partial charge in [0, 0.05) is 0 Å². The lowest BCUT2D eigenvalue weighted by Gasteiger charge is -2.31. The maximum Gasteiger partial charge on any atom is 0.110 e. The number of halogens is 2. The van der Waals surface area contributed by atoms with E-state index < -0.39 is 15.2 Å². The van der Waals surface area contributed by atoms with Gasteiger partial charge in [-0.15, -0.1) is 0 Å². The molecule has 0 heterocycles. The van der Waals surface area contributed by atoms with Crippen LogP contribution < -0.4 is 55.8 Å². The van der Waals surface area contributed by atoms with E-state index in [0.29, 0.717) is 11.8 Å². The minimum atomic E-state index is -1.93. The van der Waals surface area contributed by atoms with E-state index in [9.17, 15) is 0 Å². The highest BCUT2D eigenvalue weighted by Crippen LogP contribution is 2.56. The molecular weight excluding hydrogens is 1250 g/mol. The van der Waals surface area contributed by atoms with Crippen molar-refractivity contribution in [3.8, 4) is 0 Å². The zero-order chi connectivity index (χ0) is 59.8. The molecule has 0 saturated heterocycles. The topological polar surface area (TPSA) is 0 Å². The van der Waals surface area contributed by atoms with Crippen molar-refractivity contribution in [2.45, 2.75) is 163 Å². The highest BCUT2D eigenvalue weighted by molar-refractivity contribution is 14.1. The zero-order valence-corrected chi connectivity index (χ0v) is 60.2. The largest absolute Gasteiger partial charge is 1.00 e. The summed E-state index contributed by atoms with van der Waals surface area (Å²) in [5.41, 5.74) is 30.1. The van der Waals surface area contributed by atoms with E-state index in [0.717, 1.165) is 0 Å². The number of benzene rings is 8. The summed E-state index contributed by atoms with van der Waals surface area (Å²) in [6.45, 7) is 48.3. The van der Waals surface area contributed by atoms with Gasteiger partial charge in [-0.05, 0) is 276 Å². The van der Waals surface area contributed by atoms with E-state index in [-0.39, 0.29) is 24.0 Å². The van der Waals surface area contributed by atoms with Gasteiger partial charge in [0.1, 0.15) is 23.2 Å². The number of hydrogen-bond acceptors (Lipinski definition) is 0. The first-order valence-corrected chi connectivity index (χ1v) is 35.3. The molecule has 8 aromatic carbocycles. The molecule has 0 saturated carbocycles. The lowest BCUT2D eigenvalue weighted by Crippen LogP contribution is -3.00. The van der Waals surface area contributed by atoms with Crippen LogP contribution >= 0.6 is 37.8 Å². The summed E-state index contributed by atoms with van der Waals surface area (Å²) in [7, 11) is -2.63. The van der Waals surface area contributed by atoms with Crippen molar-refractivity contribution in [3.05, 3.63) is 244 Å². The number of rotatable bonds is 14. The third-order valence-corrected chi connectivity index (χ3v) is 25.0. The molecule has 0 aliphatic rings. The van der Waals surface area contributed by atoms with Gasteiger partial charge in [-0.3, -0.25) is 0 Å². The Labute approximate surface area is 531 Å². The first kappa shape index (κ1) is 68.3. The normalized spacial score (nSPS) is 12.2. The Hall–Kier alpha value is -4.44. The first-order chi connectivity index (χ1) is 38.4. The van der Waals surface area contributed by atoms with Crippen molar-refractivity contribution >= 4 is 93.9 Å². The van der Waals surface area contributed by atoms with Crippen LogP contribution in [0.25, 0.3) is 24.3 Å². The van der Waals surface area contributed by atoms with Gasteiger partial charge in [-0.25, -0.2) is 0 Å². The quantitative estimate of drug-likeness (QED) is 0.0441. The zero-order valence-electron chi connectivity index (χ0n) is 54.1. The SMILES string of the molecule is CCC(C)c1ccc(/C=C/c2cc(C)c(P(c3c(C)cc(C)cc3C)c3c(C)cc(C)cc3C)c(C)c2)cc1.CCC(C)c1ccc(/C=C/c2cc(C)c([P+](C)(c3c(C)cc(C)cc3C)c3c(C)cc(C)cc3C)c(C)c2)cc1.CI.[I-]. The van der Waals surface area contributed by atoms with Crippen LogP contribution in [0, 0.1) is 111 Å². The number of hydrogen-bond donors (Lipinski definition) is 0. The minimum absolute atomic E-state index is 0. The Kier molecular flexibility index (Phi) is 25.1. The third kappa shape index (κ3) is 15.7. The molecule has 4 heteroatoms. The van der Waals surface area contributed by atoms with Gasteiger partial charge in [-0.1, -0.05) is 206 Å². The van der Waals surface area contributed by atoms with Gasteiger partial charge in [0.15, 0.2) is 0 Å². The highest BCUT2D eigenvalue weighted by Gasteiger charge is 2.47. The summed E-state index contributed by atoms with van der Waals surface area (Å²) in [5, 5.41) is 9.16. The Morgan fingerprint density at radius 3 is 0.805 bits per heavy atom. The molecule has 0 fully saturated rings. The molecule has 0 radical (unpaired) electrons. The predicted octanol–water partition coefficient (Wildman–Crippen LogP) is 17.4. The fourth-order valence-electron chi connectivity index (χ4n) is 13.4. The van der Waals surface area contributed by atoms with E-state index in [4.69, 9.17) is 0 Å². The summed E-state index contributed by atoms with van der Waals surface area (Å²) < 4.78 is 0. The molecule has 0 N–H and O–H groups in total. The van der Waals surface area contributed by atoms with Crippen molar-refractivity contribution in [1.82, 2.24) is 0 Å². The van der Waals surface area contributed by atoms with E-state index in [2.05, 4.69) is 313 Å². The van der Waals surface area contributed by atoms with E-state index in [1.807, 2.05) is 4.93 Å². The van der Waals surface area contributed by atoms with Gasteiger partial charge in [0.25, 0.3) is 0 Å². The summed E-state index contributed by atoms with van der Waals surface area (Å²) in [5.74, 6) is 1.22. The van der Waals surface area contributed by atoms with Gasteiger partial charge in [0.05, 0.1) is 6.66 Å². The fraction of sp³-hybridized carbons (Fsp3) is 0.333. The summed E-state index contributed by atoms with van der Waals surface area (Å²) in [6.07, 6.45) is 11.4. The Bertz CT molecular complexity index is 3320. The van der Waals surface area contributed by atoms with Gasteiger partial charge in [0.2, 0.25) is 0 Å². The lowest BCUT2D eigenvalue weighted by molar-refractivity contribution is -0.0000173. The average molecular weight is 1350 g/mol. The molecule has 2 atom stereocenters.